The van der Waals surface area contributed by atoms with Gasteiger partial charge in [-0.05, 0) is 23.6 Å². The topological polar surface area (TPSA) is 37.3 Å². The lowest BCUT2D eigenvalue weighted by Gasteiger charge is -1.95. The third kappa shape index (κ3) is 4.94. The third-order valence-electron chi connectivity index (χ3n) is 1.94. The maximum Gasteiger partial charge on any atom is 0.328 e. The van der Waals surface area contributed by atoms with Crippen LogP contribution in [-0.4, -0.2) is 16.4 Å². The summed E-state index contributed by atoms with van der Waals surface area (Å²) in [6.45, 7) is 0. The molecule has 1 N–H and O–H groups in total. The molecule has 0 spiro atoms. The minimum absolute atomic E-state index is 0.889. The summed E-state index contributed by atoms with van der Waals surface area (Å²) in [6.07, 6.45) is 7.85. The SMILES string of the molecule is O=C(O)/C=C/c1ccc(C=CCCBr)cc1. The lowest BCUT2D eigenvalue weighted by molar-refractivity contribution is -0.131. The number of benzene rings is 1. The molecule has 1 aromatic rings. The molecule has 0 unspecified atom stereocenters. The summed E-state index contributed by atoms with van der Waals surface area (Å²) in [7, 11) is 0. The minimum Gasteiger partial charge on any atom is -0.478 e. The summed E-state index contributed by atoms with van der Waals surface area (Å²) >= 11 is 3.35. The van der Waals surface area contributed by atoms with Gasteiger partial charge in [0.1, 0.15) is 0 Å². The molecule has 84 valence electrons. The summed E-state index contributed by atoms with van der Waals surface area (Å²) in [5.41, 5.74) is 2.01. The molecule has 0 atom stereocenters. The van der Waals surface area contributed by atoms with Crippen LogP contribution >= 0.6 is 15.9 Å². The average Bonchev–Trinajstić information content (AvgIpc) is 2.28. The standard InChI is InChI=1S/C13H13BrO2/c14-10-2-1-3-11-4-6-12(7-5-11)8-9-13(15)16/h1,3-9H,2,10H2,(H,15,16)/b3-1?,9-8+. The van der Waals surface area contributed by atoms with Crippen LogP contribution in [0, 0.1) is 0 Å². The average molecular weight is 281 g/mol. The zero-order chi connectivity index (χ0) is 11.8. The number of carboxylic acids is 1. The van der Waals surface area contributed by atoms with Crippen molar-refractivity contribution in [2.24, 2.45) is 0 Å². The second-order valence-electron chi connectivity index (χ2n) is 3.22. The molecular weight excluding hydrogens is 268 g/mol. The van der Waals surface area contributed by atoms with Crippen molar-refractivity contribution in [2.45, 2.75) is 6.42 Å². The van der Waals surface area contributed by atoms with Crippen LogP contribution in [0.4, 0.5) is 0 Å². The molecule has 0 saturated carbocycles. The van der Waals surface area contributed by atoms with Gasteiger partial charge in [-0.3, -0.25) is 0 Å². The van der Waals surface area contributed by atoms with Gasteiger partial charge in [0.15, 0.2) is 0 Å². The van der Waals surface area contributed by atoms with Crippen LogP contribution in [0.1, 0.15) is 17.5 Å². The summed E-state index contributed by atoms with van der Waals surface area (Å²) in [5.74, 6) is -0.929. The van der Waals surface area contributed by atoms with Crippen LogP contribution in [0.2, 0.25) is 0 Å². The van der Waals surface area contributed by atoms with Crippen LogP contribution < -0.4 is 0 Å². The number of alkyl halides is 1. The first kappa shape index (κ1) is 12.7. The molecule has 0 bridgehead atoms. The van der Waals surface area contributed by atoms with Crippen LogP contribution in [0.15, 0.2) is 36.4 Å². The number of allylic oxidation sites excluding steroid dienone is 1. The molecule has 1 aromatic carbocycles. The number of hydrogen-bond donors (Lipinski definition) is 1. The number of carbonyl (C=O) groups is 1. The lowest BCUT2D eigenvalue weighted by atomic mass is 10.1. The summed E-state index contributed by atoms with van der Waals surface area (Å²) in [6, 6.07) is 7.72. The van der Waals surface area contributed by atoms with Crippen molar-refractivity contribution >= 4 is 34.1 Å². The Morgan fingerprint density at radius 3 is 2.25 bits per heavy atom. The second kappa shape index (κ2) is 7.01. The molecule has 0 aliphatic rings. The molecule has 0 fully saturated rings. The molecule has 0 aliphatic heterocycles. The predicted octanol–water partition coefficient (Wildman–Crippen LogP) is 3.58. The highest BCUT2D eigenvalue weighted by molar-refractivity contribution is 9.09. The maximum absolute atomic E-state index is 10.3. The molecule has 0 aliphatic carbocycles. The summed E-state index contributed by atoms with van der Waals surface area (Å²) in [4.78, 5) is 10.3. The van der Waals surface area contributed by atoms with Crippen molar-refractivity contribution in [3.05, 3.63) is 47.5 Å². The first-order chi connectivity index (χ1) is 7.72. The molecule has 16 heavy (non-hydrogen) atoms. The van der Waals surface area contributed by atoms with Crippen LogP contribution in [-0.2, 0) is 4.79 Å². The molecule has 0 radical (unpaired) electrons. The molecule has 2 nitrogen and oxygen atoms in total. The number of aliphatic carboxylic acids is 1. The zero-order valence-electron chi connectivity index (χ0n) is 8.77. The van der Waals surface area contributed by atoms with Crippen LogP contribution in [0.5, 0.6) is 0 Å². The number of hydrogen-bond acceptors (Lipinski definition) is 1. The smallest absolute Gasteiger partial charge is 0.328 e. The van der Waals surface area contributed by atoms with Gasteiger partial charge in [-0.15, -0.1) is 0 Å². The molecule has 0 aromatic heterocycles. The van der Waals surface area contributed by atoms with E-state index in [-0.39, 0.29) is 0 Å². The van der Waals surface area contributed by atoms with Crippen LogP contribution in [0.3, 0.4) is 0 Å². The molecular formula is C13H13BrO2. The van der Waals surface area contributed by atoms with Gasteiger partial charge >= 0.3 is 5.97 Å². The maximum atomic E-state index is 10.3. The Kier molecular flexibility index (Phi) is 5.57. The Morgan fingerprint density at radius 1 is 1.19 bits per heavy atom. The summed E-state index contributed by atoms with van der Waals surface area (Å²) in [5, 5.41) is 9.43. The van der Waals surface area contributed by atoms with Crippen molar-refractivity contribution in [1.82, 2.24) is 0 Å². The van der Waals surface area contributed by atoms with Gasteiger partial charge in [0.25, 0.3) is 0 Å². The van der Waals surface area contributed by atoms with Gasteiger partial charge in [0.2, 0.25) is 0 Å². The van der Waals surface area contributed by atoms with E-state index in [9.17, 15) is 4.79 Å². The van der Waals surface area contributed by atoms with Crippen molar-refractivity contribution in [1.29, 1.82) is 0 Å². The Hall–Kier alpha value is -1.35. The van der Waals surface area contributed by atoms with E-state index in [0.29, 0.717) is 0 Å². The van der Waals surface area contributed by atoms with E-state index in [4.69, 9.17) is 5.11 Å². The van der Waals surface area contributed by atoms with E-state index in [2.05, 4.69) is 22.0 Å². The van der Waals surface area contributed by atoms with Gasteiger partial charge in [0, 0.05) is 11.4 Å². The Labute approximate surface area is 103 Å². The van der Waals surface area contributed by atoms with E-state index in [1.54, 1.807) is 6.08 Å². The third-order valence-corrected chi connectivity index (χ3v) is 2.40. The monoisotopic (exact) mass is 280 g/mol. The fourth-order valence-electron chi connectivity index (χ4n) is 1.17. The Morgan fingerprint density at radius 2 is 1.75 bits per heavy atom. The number of carboxylic acid groups (broad SMARTS) is 1. The highest BCUT2D eigenvalue weighted by atomic mass is 79.9. The molecule has 0 saturated heterocycles. The minimum atomic E-state index is -0.929. The molecule has 0 amide bonds. The largest absolute Gasteiger partial charge is 0.478 e. The fraction of sp³-hybridized carbons (Fsp3) is 0.154. The Balaban J connectivity index is 2.64. The molecule has 0 heterocycles. The van der Waals surface area contributed by atoms with Gasteiger partial charge in [-0.25, -0.2) is 4.79 Å². The van der Waals surface area contributed by atoms with E-state index in [1.807, 2.05) is 30.3 Å². The van der Waals surface area contributed by atoms with Crippen molar-refractivity contribution in [2.75, 3.05) is 5.33 Å². The second-order valence-corrected chi connectivity index (χ2v) is 4.01. The summed E-state index contributed by atoms with van der Waals surface area (Å²) < 4.78 is 0. The highest BCUT2D eigenvalue weighted by Gasteiger charge is 1.90. The number of rotatable bonds is 5. The first-order valence-corrected chi connectivity index (χ1v) is 6.08. The number of halogens is 1. The van der Waals surface area contributed by atoms with E-state index in [0.717, 1.165) is 29.0 Å². The normalized spacial score (nSPS) is 11.3. The lowest BCUT2D eigenvalue weighted by Crippen LogP contribution is -1.85. The molecule has 1 rings (SSSR count). The van der Waals surface area contributed by atoms with Crippen molar-refractivity contribution < 1.29 is 9.90 Å². The van der Waals surface area contributed by atoms with Crippen LogP contribution in [0.25, 0.3) is 12.2 Å². The predicted molar refractivity (Wildman–Crippen MR) is 70.6 cm³/mol. The van der Waals surface area contributed by atoms with Gasteiger partial charge in [-0.1, -0.05) is 52.3 Å². The van der Waals surface area contributed by atoms with E-state index < -0.39 is 5.97 Å². The highest BCUT2D eigenvalue weighted by Crippen LogP contribution is 2.08. The zero-order valence-corrected chi connectivity index (χ0v) is 10.4. The molecule has 3 heteroatoms. The van der Waals surface area contributed by atoms with Gasteiger partial charge < -0.3 is 5.11 Å². The van der Waals surface area contributed by atoms with Crippen molar-refractivity contribution in [3.63, 3.8) is 0 Å². The van der Waals surface area contributed by atoms with Gasteiger partial charge in [0.05, 0.1) is 0 Å². The Bertz CT molecular complexity index is 391. The van der Waals surface area contributed by atoms with E-state index >= 15 is 0 Å². The fourth-order valence-corrected chi connectivity index (χ4v) is 1.43. The van der Waals surface area contributed by atoms with Gasteiger partial charge in [-0.2, -0.15) is 0 Å². The van der Waals surface area contributed by atoms with E-state index in [1.165, 1.54) is 0 Å². The van der Waals surface area contributed by atoms with Crippen molar-refractivity contribution in [3.8, 4) is 0 Å². The first-order valence-electron chi connectivity index (χ1n) is 4.96. The quantitative estimate of drug-likeness (QED) is 0.661.